The number of hydrogen-bond acceptors (Lipinski definition) is 2. The van der Waals surface area contributed by atoms with Crippen molar-refractivity contribution >= 4 is 16.3 Å². The summed E-state index contributed by atoms with van der Waals surface area (Å²) in [5.74, 6) is 0.445. The molecule has 0 bridgehead atoms. The average molecular weight is 152 g/mol. The maximum atomic E-state index is 6.69. The molecule has 1 heterocycles. The first-order chi connectivity index (χ1) is 4.74. The normalized spacial score (nSPS) is 9.80. The summed E-state index contributed by atoms with van der Waals surface area (Å²) in [5.41, 5.74) is 0. The molecule has 0 aliphatic rings. The van der Waals surface area contributed by atoms with Crippen molar-refractivity contribution in [1.82, 2.24) is 4.98 Å². The quantitative estimate of drug-likeness (QED) is 0.565. The number of hydrogen-bond donors (Lipinski definition) is 0. The fourth-order valence-electron chi connectivity index (χ4n) is 0.597. The van der Waals surface area contributed by atoms with Gasteiger partial charge < -0.3 is 0 Å². The third-order valence-electron chi connectivity index (χ3n) is 1.12. The second-order valence-electron chi connectivity index (χ2n) is 2.30. The highest BCUT2D eigenvalue weighted by Gasteiger charge is 2.03. The molecule has 1 aromatic rings. The van der Waals surface area contributed by atoms with E-state index in [2.05, 4.69) is 23.7 Å². The zero-order chi connectivity index (χ0) is 7.56. The summed E-state index contributed by atoms with van der Waals surface area (Å²) >= 11 is 1.48. The number of nitrogens with zero attached hydrogens (tertiary/aromatic N) is 2. The second-order valence-corrected chi connectivity index (χ2v) is 3.34. The largest absolute Gasteiger partial charge is 0.262 e. The topological polar surface area (TPSA) is 17.2 Å². The van der Waals surface area contributed by atoms with Crippen molar-refractivity contribution in [3.8, 4) is 0 Å². The lowest BCUT2D eigenvalue weighted by Crippen LogP contribution is -1.81. The molecule has 0 fully saturated rings. The highest BCUT2D eigenvalue weighted by atomic mass is 32.1. The van der Waals surface area contributed by atoms with Gasteiger partial charge in [-0.1, -0.05) is 13.8 Å². The van der Waals surface area contributed by atoms with Gasteiger partial charge in [-0.25, -0.2) is 4.85 Å². The van der Waals surface area contributed by atoms with Crippen molar-refractivity contribution in [2.24, 2.45) is 0 Å². The van der Waals surface area contributed by atoms with E-state index in [0.29, 0.717) is 10.9 Å². The molecule has 0 N–H and O–H groups in total. The Morgan fingerprint density at radius 3 is 2.70 bits per heavy atom. The molecule has 0 aliphatic heterocycles. The molecule has 0 spiro atoms. The molecule has 0 atom stereocenters. The van der Waals surface area contributed by atoms with Crippen LogP contribution in [0, 0.1) is 6.57 Å². The molecule has 2 nitrogen and oxygen atoms in total. The molecule has 0 unspecified atom stereocenters. The third kappa shape index (κ3) is 1.34. The number of aromatic nitrogens is 1. The van der Waals surface area contributed by atoms with E-state index in [1.807, 2.05) is 0 Å². The first kappa shape index (κ1) is 7.23. The Kier molecular flexibility index (Phi) is 2.03. The molecule has 0 aliphatic carbocycles. The molecule has 0 saturated heterocycles. The van der Waals surface area contributed by atoms with Gasteiger partial charge in [-0.3, -0.25) is 4.98 Å². The smallest absolute Gasteiger partial charge is 0.260 e. The lowest BCUT2D eigenvalue weighted by molar-refractivity contribution is 0.852. The molecule has 3 heteroatoms. The van der Waals surface area contributed by atoms with Gasteiger partial charge >= 0.3 is 0 Å². The van der Waals surface area contributed by atoms with Gasteiger partial charge in [0.15, 0.2) is 0 Å². The van der Waals surface area contributed by atoms with Crippen LogP contribution >= 0.6 is 11.3 Å². The predicted molar refractivity (Wildman–Crippen MR) is 42.5 cm³/mol. The van der Waals surface area contributed by atoms with Gasteiger partial charge in [0, 0.05) is 12.1 Å². The minimum atomic E-state index is 0.445. The Morgan fingerprint density at radius 1 is 1.70 bits per heavy atom. The van der Waals surface area contributed by atoms with Crippen LogP contribution in [0.5, 0.6) is 0 Å². The summed E-state index contributed by atoms with van der Waals surface area (Å²) in [7, 11) is 0. The van der Waals surface area contributed by atoms with E-state index in [-0.39, 0.29) is 0 Å². The van der Waals surface area contributed by atoms with Crippen LogP contribution in [0.4, 0.5) is 5.00 Å². The predicted octanol–water partition coefficient (Wildman–Crippen LogP) is 2.82. The lowest BCUT2D eigenvalue weighted by atomic mass is 10.2. The van der Waals surface area contributed by atoms with Gasteiger partial charge in [0.25, 0.3) is 5.00 Å². The molecular formula is C7H8N2S. The monoisotopic (exact) mass is 152 g/mol. The van der Waals surface area contributed by atoms with Crippen LogP contribution in [-0.2, 0) is 0 Å². The average Bonchev–Trinajstić information content (AvgIpc) is 2.34. The van der Waals surface area contributed by atoms with Crippen LogP contribution in [0.1, 0.15) is 24.8 Å². The minimum Gasteiger partial charge on any atom is -0.262 e. The highest BCUT2D eigenvalue weighted by molar-refractivity contribution is 7.15. The van der Waals surface area contributed by atoms with Gasteiger partial charge in [0.1, 0.15) is 0 Å². The highest BCUT2D eigenvalue weighted by Crippen LogP contribution is 2.26. The van der Waals surface area contributed by atoms with E-state index in [9.17, 15) is 0 Å². The van der Waals surface area contributed by atoms with Crippen LogP contribution in [0.25, 0.3) is 4.85 Å². The second kappa shape index (κ2) is 2.80. The Hall–Kier alpha value is -0.880. The first-order valence-electron chi connectivity index (χ1n) is 3.07. The SMILES string of the molecule is [C-]#[N+]c1cnc(C(C)C)s1. The lowest BCUT2D eigenvalue weighted by Gasteiger charge is -1.94. The maximum absolute atomic E-state index is 6.69. The van der Waals surface area contributed by atoms with E-state index in [1.165, 1.54) is 11.3 Å². The summed E-state index contributed by atoms with van der Waals surface area (Å²) in [6, 6.07) is 0. The van der Waals surface area contributed by atoms with Crippen molar-refractivity contribution in [3.63, 3.8) is 0 Å². The van der Waals surface area contributed by atoms with Crippen LogP contribution in [0.15, 0.2) is 6.20 Å². The van der Waals surface area contributed by atoms with Crippen LogP contribution in [0.2, 0.25) is 0 Å². The fraction of sp³-hybridized carbons (Fsp3) is 0.429. The van der Waals surface area contributed by atoms with Crippen molar-refractivity contribution in [2.45, 2.75) is 19.8 Å². The van der Waals surface area contributed by atoms with E-state index in [1.54, 1.807) is 6.20 Å². The zero-order valence-corrected chi connectivity index (χ0v) is 6.77. The van der Waals surface area contributed by atoms with Gasteiger partial charge in [0.2, 0.25) is 0 Å². The molecule has 10 heavy (non-hydrogen) atoms. The zero-order valence-electron chi connectivity index (χ0n) is 5.96. The Bertz CT molecular complexity index is 257. The molecule has 1 aromatic heterocycles. The fourth-order valence-corrected chi connectivity index (χ4v) is 1.30. The summed E-state index contributed by atoms with van der Waals surface area (Å²) in [6.45, 7) is 10.8. The van der Waals surface area contributed by atoms with E-state index >= 15 is 0 Å². The van der Waals surface area contributed by atoms with Crippen molar-refractivity contribution in [3.05, 3.63) is 22.6 Å². The molecular weight excluding hydrogens is 144 g/mol. The van der Waals surface area contributed by atoms with Crippen LogP contribution < -0.4 is 0 Å². The van der Waals surface area contributed by atoms with Gasteiger partial charge in [0.05, 0.1) is 11.6 Å². The summed E-state index contributed by atoms with van der Waals surface area (Å²) in [6.07, 6.45) is 1.63. The van der Waals surface area contributed by atoms with E-state index < -0.39 is 0 Å². The van der Waals surface area contributed by atoms with Crippen LogP contribution in [0.3, 0.4) is 0 Å². The van der Waals surface area contributed by atoms with E-state index in [0.717, 1.165) is 5.01 Å². The summed E-state index contributed by atoms with van der Waals surface area (Å²) in [5, 5.41) is 1.73. The van der Waals surface area contributed by atoms with E-state index in [4.69, 9.17) is 6.57 Å². The molecule has 0 aromatic carbocycles. The molecule has 0 saturated carbocycles. The Morgan fingerprint density at radius 2 is 2.40 bits per heavy atom. The summed E-state index contributed by atoms with van der Waals surface area (Å²) < 4.78 is 0. The third-order valence-corrected chi connectivity index (χ3v) is 2.31. The Balaban J connectivity index is 2.91. The molecule has 1 rings (SSSR count). The number of rotatable bonds is 1. The molecule has 0 radical (unpaired) electrons. The number of thiazole rings is 1. The van der Waals surface area contributed by atoms with Crippen LogP contribution in [-0.4, -0.2) is 4.98 Å². The standard InChI is InChI=1S/C7H8N2S/c1-5(2)7-9-4-6(8-3)10-7/h4-5H,1-2H3. The Labute approximate surface area is 64.4 Å². The van der Waals surface area contributed by atoms with Crippen molar-refractivity contribution in [1.29, 1.82) is 0 Å². The van der Waals surface area contributed by atoms with Crippen molar-refractivity contribution < 1.29 is 0 Å². The van der Waals surface area contributed by atoms with Crippen molar-refractivity contribution in [2.75, 3.05) is 0 Å². The van der Waals surface area contributed by atoms with Gasteiger partial charge in [-0.2, -0.15) is 0 Å². The van der Waals surface area contributed by atoms with Gasteiger partial charge in [-0.05, 0) is 0 Å². The van der Waals surface area contributed by atoms with Gasteiger partial charge in [-0.15, -0.1) is 11.3 Å². The minimum absolute atomic E-state index is 0.445. The first-order valence-corrected chi connectivity index (χ1v) is 3.89. The molecule has 0 amide bonds. The molecule has 52 valence electrons. The summed E-state index contributed by atoms with van der Waals surface area (Å²) in [4.78, 5) is 7.37. The maximum Gasteiger partial charge on any atom is 0.260 e.